The summed E-state index contributed by atoms with van der Waals surface area (Å²) in [4.78, 5) is 18.0. The van der Waals surface area contributed by atoms with Gasteiger partial charge in [0.1, 0.15) is 5.92 Å². The third-order valence-corrected chi connectivity index (χ3v) is 5.15. The van der Waals surface area contributed by atoms with Crippen molar-refractivity contribution in [3.8, 4) is 6.07 Å². The largest absolute Gasteiger partial charge is 0.329 e. The Morgan fingerprint density at radius 2 is 2.56 bits per heavy atom. The third-order valence-electron chi connectivity index (χ3n) is 3.87. The van der Waals surface area contributed by atoms with Crippen molar-refractivity contribution < 1.29 is 4.79 Å². The number of hydrogen-bond acceptors (Lipinski definition) is 4. The van der Waals surface area contributed by atoms with Crippen LogP contribution in [0, 0.1) is 29.1 Å². The summed E-state index contributed by atoms with van der Waals surface area (Å²) in [6, 6.07) is 2.38. The van der Waals surface area contributed by atoms with Gasteiger partial charge in [-0.1, -0.05) is 6.08 Å². The van der Waals surface area contributed by atoms with Crippen molar-refractivity contribution in [1.29, 1.82) is 5.26 Å². The van der Waals surface area contributed by atoms with Crippen LogP contribution in [0.4, 0.5) is 0 Å². The zero-order valence-electron chi connectivity index (χ0n) is 10.2. The lowest BCUT2D eigenvalue weighted by molar-refractivity contribution is -0.127. The van der Waals surface area contributed by atoms with E-state index in [1.165, 1.54) is 0 Å². The van der Waals surface area contributed by atoms with Crippen molar-refractivity contribution >= 4 is 23.4 Å². The first-order valence-corrected chi connectivity index (χ1v) is 7.36. The van der Waals surface area contributed by atoms with Crippen LogP contribution in [-0.2, 0) is 4.79 Å². The van der Waals surface area contributed by atoms with E-state index in [2.05, 4.69) is 17.1 Å². The smallest absolute Gasteiger partial charge is 0.233 e. The quantitative estimate of drug-likeness (QED) is 0.776. The number of allylic oxidation sites excluding steroid dienone is 1. The monoisotopic (exact) mass is 261 g/mol. The number of fused-ring (bicyclic) bond motifs is 1. The molecule has 3 rings (SSSR count). The average Bonchev–Trinajstić information content (AvgIpc) is 3.09. The van der Waals surface area contributed by atoms with Crippen LogP contribution in [-0.4, -0.2) is 34.2 Å². The summed E-state index contributed by atoms with van der Waals surface area (Å²) in [5.41, 5.74) is 0.996. The topological polar surface area (TPSA) is 56.5 Å². The van der Waals surface area contributed by atoms with E-state index in [4.69, 9.17) is 0 Å². The average molecular weight is 261 g/mol. The lowest BCUT2D eigenvalue weighted by atomic mass is 9.97. The Kier molecular flexibility index (Phi) is 2.90. The standard InChI is InChI=1S/C13H15N3OS/c1-2-16-11(17)7-18-13(16)10(6-14)12-9-5-8(9)3-4-15-12/h3-4,8-10,13H,2,5,7H2,1H3. The highest BCUT2D eigenvalue weighted by Crippen LogP contribution is 2.46. The molecule has 4 nitrogen and oxygen atoms in total. The van der Waals surface area contributed by atoms with Crippen LogP contribution in [0.25, 0.3) is 0 Å². The molecule has 1 saturated carbocycles. The highest BCUT2D eigenvalue weighted by Gasteiger charge is 2.48. The van der Waals surface area contributed by atoms with Crippen LogP contribution < -0.4 is 0 Å². The van der Waals surface area contributed by atoms with Gasteiger partial charge in [-0.2, -0.15) is 5.26 Å². The molecule has 2 heterocycles. The van der Waals surface area contributed by atoms with Crippen LogP contribution in [0.3, 0.4) is 0 Å². The van der Waals surface area contributed by atoms with Gasteiger partial charge in [0.15, 0.2) is 0 Å². The molecular formula is C13H15N3OS. The summed E-state index contributed by atoms with van der Waals surface area (Å²) in [6.45, 7) is 2.64. The Morgan fingerprint density at radius 1 is 1.72 bits per heavy atom. The molecule has 5 heteroatoms. The number of nitriles is 1. The fourth-order valence-corrected chi connectivity index (χ4v) is 4.11. The van der Waals surface area contributed by atoms with E-state index >= 15 is 0 Å². The van der Waals surface area contributed by atoms with Gasteiger partial charge in [0.25, 0.3) is 0 Å². The third kappa shape index (κ3) is 1.76. The Labute approximate surface area is 111 Å². The first-order valence-electron chi connectivity index (χ1n) is 6.31. The van der Waals surface area contributed by atoms with E-state index in [9.17, 15) is 10.1 Å². The number of amides is 1. The molecule has 3 aliphatic rings. The van der Waals surface area contributed by atoms with Crippen LogP contribution in [0.15, 0.2) is 17.3 Å². The predicted molar refractivity (Wildman–Crippen MR) is 70.9 cm³/mol. The first kappa shape index (κ1) is 11.8. The molecule has 1 amide bonds. The Bertz CT molecular complexity index is 479. The number of aliphatic imine (C=N–C) groups is 1. The molecule has 2 fully saturated rings. The molecule has 0 aromatic heterocycles. The number of hydrogen-bond donors (Lipinski definition) is 0. The van der Waals surface area contributed by atoms with E-state index in [0.29, 0.717) is 24.1 Å². The highest BCUT2D eigenvalue weighted by atomic mass is 32.2. The molecule has 0 aromatic rings. The summed E-state index contributed by atoms with van der Waals surface area (Å²) < 4.78 is 0. The predicted octanol–water partition coefficient (Wildman–Crippen LogP) is 1.65. The second-order valence-corrected chi connectivity index (χ2v) is 5.99. The van der Waals surface area contributed by atoms with Gasteiger partial charge in [-0.3, -0.25) is 9.79 Å². The lowest BCUT2D eigenvalue weighted by Gasteiger charge is -2.27. The van der Waals surface area contributed by atoms with Crippen molar-refractivity contribution in [2.24, 2.45) is 22.7 Å². The van der Waals surface area contributed by atoms with Crippen LogP contribution >= 0.6 is 11.8 Å². The summed E-state index contributed by atoms with van der Waals surface area (Å²) in [5.74, 6) is 1.43. The van der Waals surface area contributed by atoms with E-state index in [-0.39, 0.29) is 17.2 Å². The van der Waals surface area contributed by atoms with E-state index in [1.54, 1.807) is 11.8 Å². The molecule has 0 radical (unpaired) electrons. The van der Waals surface area contributed by atoms with Crippen LogP contribution in [0.2, 0.25) is 0 Å². The minimum atomic E-state index is -0.249. The Hall–Kier alpha value is -1.28. The molecule has 1 aliphatic carbocycles. The minimum absolute atomic E-state index is 0.0426. The fourth-order valence-electron chi connectivity index (χ4n) is 2.79. The van der Waals surface area contributed by atoms with Crippen molar-refractivity contribution in [2.75, 3.05) is 12.3 Å². The summed E-state index contributed by atoms with van der Waals surface area (Å²) >= 11 is 1.58. The molecule has 4 atom stereocenters. The van der Waals surface area contributed by atoms with Crippen molar-refractivity contribution in [1.82, 2.24) is 4.90 Å². The zero-order chi connectivity index (χ0) is 12.7. The maximum atomic E-state index is 11.8. The lowest BCUT2D eigenvalue weighted by Crippen LogP contribution is -2.40. The number of rotatable bonds is 3. The molecule has 1 saturated heterocycles. The van der Waals surface area contributed by atoms with Gasteiger partial charge in [0, 0.05) is 24.4 Å². The van der Waals surface area contributed by atoms with Gasteiger partial charge >= 0.3 is 0 Å². The van der Waals surface area contributed by atoms with Gasteiger partial charge < -0.3 is 4.90 Å². The molecule has 0 spiro atoms. The zero-order valence-corrected chi connectivity index (χ0v) is 11.1. The van der Waals surface area contributed by atoms with Gasteiger partial charge in [-0.05, 0) is 19.3 Å². The second-order valence-electron chi connectivity index (χ2n) is 4.89. The van der Waals surface area contributed by atoms with Gasteiger partial charge in [-0.25, -0.2) is 0 Å². The maximum absolute atomic E-state index is 11.8. The highest BCUT2D eigenvalue weighted by molar-refractivity contribution is 8.01. The van der Waals surface area contributed by atoms with E-state index in [1.807, 2.05) is 18.0 Å². The number of carbonyl (C=O) groups excluding carboxylic acids is 1. The van der Waals surface area contributed by atoms with Crippen LogP contribution in [0.5, 0.6) is 0 Å². The number of carbonyl (C=O) groups is 1. The molecule has 94 valence electrons. The van der Waals surface area contributed by atoms with Gasteiger partial charge in [0.2, 0.25) is 5.91 Å². The first-order chi connectivity index (χ1) is 8.76. The van der Waals surface area contributed by atoms with Crippen molar-refractivity contribution in [3.05, 3.63) is 12.3 Å². The maximum Gasteiger partial charge on any atom is 0.233 e. The Morgan fingerprint density at radius 3 is 3.28 bits per heavy atom. The van der Waals surface area contributed by atoms with Gasteiger partial charge in [-0.15, -0.1) is 11.8 Å². The minimum Gasteiger partial charge on any atom is -0.329 e. The Balaban J connectivity index is 1.85. The second kappa shape index (κ2) is 4.43. The molecule has 4 unspecified atom stereocenters. The van der Waals surface area contributed by atoms with Crippen molar-refractivity contribution in [3.63, 3.8) is 0 Å². The van der Waals surface area contributed by atoms with E-state index in [0.717, 1.165) is 12.1 Å². The fraction of sp³-hybridized carbons (Fsp3) is 0.615. The molecule has 0 bridgehead atoms. The summed E-state index contributed by atoms with van der Waals surface area (Å²) in [5, 5.41) is 9.43. The van der Waals surface area contributed by atoms with Crippen LogP contribution in [0.1, 0.15) is 13.3 Å². The number of thioether (sulfide) groups is 1. The molecule has 0 aromatic carbocycles. The normalized spacial score (nSPS) is 34.9. The molecule has 18 heavy (non-hydrogen) atoms. The van der Waals surface area contributed by atoms with E-state index < -0.39 is 0 Å². The number of nitrogens with zero attached hydrogens (tertiary/aromatic N) is 3. The SMILES string of the molecule is CCN1C(=O)CSC1C(C#N)C1=NC=CC2CC12. The summed E-state index contributed by atoms with van der Waals surface area (Å²) in [6.07, 6.45) is 5.06. The van der Waals surface area contributed by atoms with Gasteiger partial charge in [0.05, 0.1) is 17.2 Å². The summed E-state index contributed by atoms with van der Waals surface area (Å²) in [7, 11) is 0. The molecule has 2 aliphatic heterocycles. The molecule has 0 N–H and O–H groups in total. The van der Waals surface area contributed by atoms with Crippen molar-refractivity contribution in [2.45, 2.75) is 18.7 Å². The molecular weight excluding hydrogens is 246 g/mol.